The summed E-state index contributed by atoms with van der Waals surface area (Å²) in [5, 5.41) is 22.2. The molecule has 0 fully saturated rings. The summed E-state index contributed by atoms with van der Waals surface area (Å²) in [6.07, 6.45) is 7.04. The van der Waals surface area contributed by atoms with E-state index in [-0.39, 0.29) is 16.9 Å². The minimum absolute atomic E-state index is 0.276. The van der Waals surface area contributed by atoms with Gasteiger partial charge in [0.1, 0.15) is 17.2 Å². The Morgan fingerprint density at radius 1 is 0.676 bits per heavy atom. The maximum Gasteiger partial charge on any atom is 0.283 e. The second-order valence-corrected chi connectivity index (χ2v) is 7.04. The number of rotatable bonds is 9. The van der Waals surface area contributed by atoms with E-state index in [1.54, 1.807) is 45.6 Å². The molecule has 0 saturated heterocycles. The van der Waals surface area contributed by atoms with E-state index >= 15 is 0 Å². The van der Waals surface area contributed by atoms with Crippen LogP contribution in [0.15, 0.2) is 54.6 Å². The predicted octanol–water partition coefficient (Wildman–Crippen LogP) is 5.87. The normalized spacial score (nSPS) is 11.0. The number of hydrogen-bond acceptors (Lipinski definition) is 7. The first kappa shape index (κ1) is 24.0. The first-order chi connectivity index (χ1) is 16.4. The van der Waals surface area contributed by atoms with Crippen molar-refractivity contribution in [1.82, 2.24) is 0 Å². The lowest BCUT2D eigenvalue weighted by molar-refractivity contribution is -0.394. The molecule has 174 valence electrons. The molecular formula is C25H22N2O7. The zero-order valence-corrected chi connectivity index (χ0v) is 18.8. The number of ether oxygens (including phenoxy) is 3. The molecule has 0 radical (unpaired) electrons. The lowest BCUT2D eigenvalue weighted by Gasteiger charge is -2.12. The summed E-state index contributed by atoms with van der Waals surface area (Å²) in [4.78, 5) is 20.9. The highest BCUT2D eigenvalue weighted by molar-refractivity contribution is 5.78. The molecule has 0 unspecified atom stereocenters. The standard InChI is InChI=1S/C25H22N2O7/c1-32-21-15-24(33-2)22(25(16-21)34-3)13-9-18-6-4-17(5-7-18)8-10-19-11-12-20(26(28)29)14-23(19)27(30)31/h4-16H,1-3H3/b10-8+,13-9+. The Bertz CT molecular complexity index is 1240. The largest absolute Gasteiger partial charge is 0.496 e. The Morgan fingerprint density at radius 3 is 1.71 bits per heavy atom. The van der Waals surface area contributed by atoms with Gasteiger partial charge in [-0.05, 0) is 29.3 Å². The molecule has 0 N–H and O–H groups in total. The molecule has 3 aromatic rings. The van der Waals surface area contributed by atoms with Crippen LogP contribution in [0.2, 0.25) is 0 Å². The van der Waals surface area contributed by atoms with E-state index in [0.29, 0.717) is 17.2 Å². The van der Waals surface area contributed by atoms with E-state index in [1.807, 2.05) is 36.4 Å². The van der Waals surface area contributed by atoms with E-state index in [0.717, 1.165) is 22.8 Å². The van der Waals surface area contributed by atoms with E-state index in [4.69, 9.17) is 14.2 Å². The lowest BCUT2D eigenvalue weighted by Crippen LogP contribution is -1.94. The van der Waals surface area contributed by atoms with Gasteiger partial charge in [0.05, 0.1) is 48.4 Å². The second-order valence-electron chi connectivity index (χ2n) is 7.04. The van der Waals surface area contributed by atoms with Gasteiger partial charge in [-0.25, -0.2) is 0 Å². The lowest BCUT2D eigenvalue weighted by atomic mass is 10.1. The maximum absolute atomic E-state index is 11.3. The molecule has 3 aromatic carbocycles. The van der Waals surface area contributed by atoms with Crippen LogP contribution in [0.5, 0.6) is 17.2 Å². The second kappa shape index (κ2) is 10.8. The molecule has 0 aliphatic heterocycles. The summed E-state index contributed by atoms with van der Waals surface area (Å²) in [5.41, 5.74) is 2.11. The van der Waals surface area contributed by atoms with Crippen molar-refractivity contribution in [3.05, 3.63) is 97.1 Å². The summed E-state index contributed by atoms with van der Waals surface area (Å²) >= 11 is 0. The zero-order valence-electron chi connectivity index (χ0n) is 18.8. The third kappa shape index (κ3) is 5.57. The average Bonchev–Trinajstić information content (AvgIpc) is 2.85. The summed E-state index contributed by atoms with van der Waals surface area (Å²) in [6, 6.07) is 14.6. The Hall–Kier alpha value is -4.66. The third-order valence-corrected chi connectivity index (χ3v) is 5.01. The quantitative estimate of drug-likeness (QED) is 0.222. The van der Waals surface area contributed by atoms with E-state index in [9.17, 15) is 20.2 Å². The fourth-order valence-electron chi connectivity index (χ4n) is 3.23. The van der Waals surface area contributed by atoms with Crippen molar-refractivity contribution in [1.29, 1.82) is 0 Å². The highest BCUT2D eigenvalue weighted by Gasteiger charge is 2.17. The van der Waals surface area contributed by atoms with Crippen molar-refractivity contribution < 1.29 is 24.1 Å². The molecule has 3 rings (SSSR count). The minimum atomic E-state index is -0.663. The minimum Gasteiger partial charge on any atom is -0.496 e. The van der Waals surface area contributed by atoms with Crippen LogP contribution in [-0.4, -0.2) is 31.2 Å². The number of nitro benzene ring substituents is 2. The smallest absolute Gasteiger partial charge is 0.283 e. The topological polar surface area (TPSA) is 114 Å². The molecule has 0 aliphatic rings. The molecule has 0 amide bonds. The molecule has 0 spiro atoms. The van der Waals surface area contributed by atoms with E-state index in [2.05, 4.69) is 0 Å². The molecule has 0 aromatic heterocycles. The van der Waals surface area contributed by atoms with Crippen molar-refractivity contribution >= 4 is 35.7 Å². The molecule has 0 saturated carbocycles. The van der Waals surface area contributed by atoms with Gasteiger partial charge in [0.15, 0.2) is 0 Å². The van der Waals surface area contributed by atoms with Crippen LogP contribution in [0.1, 0.15) is 22.3 Å². The van der Waals surface area contributed by atoms with Crippen LogP contribution in [0.4, 0.5) is 11.4 Å². The third-order valence-electron chi connectivity index (χ3n) is 5.01. The van der Waals surface area contributed by atoms with Gasteiger partial charge in [-0.15, -0.1) is 0 Å². The molecule has 0 atom stereocenters. The van der Waals surface area contributed by atoms with Crippen LogP contribution >= 0.6 is 0 Å². The molecule has 9 nitrogen and oxygen atoms in total. The Morgan fingerprint density at radius 2 is 1.24 bits per heavy atom. The molecule has 9 heteroatoms. The molecule has 0 aliphatic carbocycles. The molecular weight excluding hydrogens is 440 g/mol. The van der Waals surface area contributed by atoms with E-state index < -0.39 is 9.85 Å². The zero-order chi connectivity index (χ0) is 24.7. The number of hydrogen-bond donors (Lipinski definition) is 0. The Labute approximate surface area is 195 Å². The van der Waals surface area contributed by atoms with Crippen molar-refractivity contribution in [3.63, 3.8) is 0 Å². The first-order valence-electron chi connectivity index (χ1n) is 10.1. The Kier molecular flexibility index (Phi) is 7.60. The van der Waals surface area contributed by atoms with Gasteiger partial charge in [0, 0.05) is 18.2 Å². The van der Waals surface area contributed by atoms with Gasteiger partial charge < -0.3 is 14.2 Å². The van der Waals surface area contributed by atoms with Gasteiger partial charge >= 0.3 is 0 Å². The molecule has 0 heterocycles. The van der Waals surface area contributed by atoms with Crippen molar-refractivity contribution in [2.24, 2.45) is 0 Å². The van der Waals surface area contributed by atoms with Gasteiger partial charge in [-0.2, -0.15) is 0 Å². The van der Waals surface area contributed by atoms with Crippen molar-refractivity contribution in [3.8, 4) is 17.2 Å². The maximum atomic E-state index is 11.3. The number of benzene rings is 3. The fraction of sp³-hybridized carbons (Fsp3) is 0.120. The van der Waals surface area contributed by atoms with Crippen LogP contribution in [0, 0.1) is 20.2 Å². The molecule has 34 heavy (non-hydrogen) atoms. The fourth-order valence-corrected chi connectivity index (χ4v) is 3.23. The summed E-state index contributed by atoms with van der Waals surface area (Å²) < 4.78 is 16.2. The Balaban J connectivity index is 1.82. The van der Waals surface area contributed by atoms with Crippen LogP contribution < -0.4 is 14.2 Å². The van der Waals surface area contributed by atoms with Gasteiger partial charge in [-0.3, -0.25) is 20.2 Å². The number of non-ortho nitro benzene ring substituents is 1. The number of methoxy groups -OCH3 is 3. The number of nitro groups is 2. The van der Waals surface area contributed by atoms with Crippen molar-refractivity contribution in [2.45, 2.75) is 0 Å². The van der Waals surface area contributed by atoms with E-state index in [1.165, 1.54) is 12.1 Å². The van der Waals surface area contributed by atoms with Gasteiger partial charge in [0.2, 0.25) is 0 Å². The van der Waals surface area contributed by atoms with Gasteiger partial charge in [0.25, 0.3) is 11.4 Å². The summed E-state index contributed by atoms with van der Waals surface area (Å²) in [5.74, 6) is 1.84. The summed E-state index contributed by atoms with van der Waals surface area (Å²) in [6.45, 7) is 0. The predicted molar refractivity (Wildman–Crippen MR) is 130 cm³/mol. The average molecular weight is 462 g/mol. The SMILES string of the molecule is COc1cc(OC)c(/C=C/c2ccc(/C=C/c3ccc([N+](=O)[O-])cc3[N+](=O)[O-])cc2)c(OC)c1. The summed E-state index contributed by atoms with van der Waals surface area (Å²) in [7, 11) is 4.71. The van der Waals surface area contributed by atoms with Gasteiger partial charge in [-0.1, -0.05) is 36.4 Å². The van der Waals surface area contributed by atoms with Crippen LogP contribution in [0.25, 0.3) is 24.3 Å². The highest BCUT2D eigenvalue weighted by Crippen LogP contribution is 2.35. The number of nitrogens with zero attached hydrogens (tertiary/aromatic N) is 2. The molecule has 0 bridgehead atoms. The van der Waals surface area contributed by atoms with Crippen molar-refractivity contribution in [2.75, 3.05) is 21.3 Å². The van der Waals surface area contributed by atoms with Crippen LogP contribution in [0.3, 0.4) is 0 Å². The highest BCUT2D eigenvalue weighted by atomic mass is 16.6. The monoisotopic (exact) mass is 462 g/mol. The van der Waals surface area contributed by atoms with Crippen LogP contribution in [-0.2, 0) is 0 Å². The first-order valence-corrected chi connectivity index (χ1v) is 10.1.